The Balaban J connectivity index is 1.41. The van der Waals surface area contributed by atoms with Crippen molar-refractivity contribution in [1.82, 2.24) is 34.9 Å². The van der Waals surface area contributed by atoms with Crippen LogP contribution < -0.4 is 15.5 Å². The van der Waals surface area contributed by atoms with Gasteiger partial charge >= 0.3 is 0 Å². The van der Waals surface area contributed by atoms with E-state index in [4.69, 9.17) is 14.7 Å². The van der Waals surface area contributed by atoms with Gasteiger partial charge in [-0.3, -0.25) is 4.68 Å². The molecule has 2 N–H and O–H groups in total. The van der Waals surface area contributed by atoms with Crippen molar-refractivity contribution in [2.24, 2.45) is 0 Å². The fraction of sp³-hybridized carbons (Fsp3) is 0.520. The lowest BCUT2D eigenvalue weighted by molar-refractivity contribution is 0.145. The van der Waals surface area contributed by atoms with E-state index in [-0.39, 0.29) is 5.41 Å². The summed E-state index contributed by atoms with van der Waals surface area (Å²) in [5.41, 5.74) is 2.71. The molecule has 35 heavy (non-hydrogen) atoms. The molecule has 5 heterocycles. The maximum absolute atomic E-state index is 5.58. The molecule has 1 atom stereocenters. The minimum atomic E-state index is -0.234. The summed E-state index contributed by atoms with van der Waals surface area (Å²) in [7, 11) is 5.83. The zero-order chi connectivity index (χ0) is 24.4. The maximum atomic E-state index is 5.58. The van der Waals surface area contributed by atoms with Crippen LogP contribution in [-0.2, 0) is 16.7 Å². The smallest absolute Gasteiger partial charge is 0.229 e. The zero-order valence-electron chi connectivity index (χ0n) is 21.0. The van der Waals surface area contributed by atoms with Crippen LogP contribution in [0.15, 0.2) is 36.8 Å². The van der Waals surface area contributed by atoms with Crippen molar-refractivity contribution in [3.8, 4) is 0 Å². The molecular formula is C25H35N9O. The number of methoxy groups -OCH3 is 1. The summed E-state index contributed by atoms with van der Waals surface area (Å²) in [5, 5.41) is 11.1. The predicted octanol–water partition coefficient (Wildman–Crippen LogP) is 2.85. The third-order valence-electron chi connectivity index (χ3n) is 6.99. The van der Waals surface area contributed by atoms with Gasteiger partial charge in [0.2, 0.25) is 5.95 Å². The number of fused-ring (bicyclic) bond motifs is 1. The first-order chi connectivity index (χ1) is 17.0. The molecule has 186 valence electrons. The molecule has 0 amide bonds. The molecule has 1 saturated heterocycles. The Kier molecular flexibility index (Phi) is 6.68. The lowest BCUT2D eigenvalue weighted by atomic mass is 9.87. The van der Waals surface area contributed by atoms with Crippen LogP contribution in [0.3, 0.4) is 0 Å². The van der Waals surface area contributed by atoms with Crippen LogP contribution in [0.5, 0.6) is 0 Å². The van der Waals surface area contributed by atoms with E-state index in [9.17, 15) is 0 Å². The lowest BCUT2D eigenvalue weighted by Crippen LogP contribution is -2.33. The number of hydrogen-bond donors (Lipinski definition) is 2. The highest BCUT2D eigenvalue weighted by atomic mass is 16.5. The van der Waals surface area contributed by atoms with Crippen molar-refractivity contribution < 1.29 is 4.74 Å². The number of pyridine rings is 1. The molecule has 0 aromatic carbocycles. The third-order valence-corrected chi connectivity index (χ3v) is 6.99. The summed E-state index contributed by atoms with van der Waals surface area (Å²) in [6.07, 6.45) is 8.05. The molecule has 0 aliphatic carbocycles. The van der Waals surface area contributed by atoms with Crippen molar-refractivity contribution in [1.29, 1.82) is 0 Å². The Morgan fingerprint density at radius 1 is 1.17 bits per heavy atom. The summed E-state index contributed by atoms with van der Waals surface area (Å²) in [6, 6.07) is 6.53. The molecule has 2 aliphatic heterocycles. The number of ether oxygens (including phenoxy) is 1. The number of nitrogens with one attached hydrogen (secondary N) is 2. The highest BCUT2D eigenvalue weighted by Gasteiger charge is 2.42. The molecule has 5 rings (SSSR count). The predicted molar refractivity (Wildman–Crippen MR) is 137 cm³/mol. The number of aromatic nitrogens is 5. The number of anilines is 4. The van der Waals surface area contributed by atoms with Crippen molar-refractivity contribution in [2.45, 2.75) is 37.8 Å². The molecule has 1 fully saturated rings. The Morgan fingerprint density at radius 2 is 2.00 bits per heavy atom. The standard InChI is InChI=1S/C25H35N9O/c1-25(17-35-4)16-33(22-7-5-6-18(29-22)12-26-2)23-21(25)14-27-24(31-23)30-19-13-28-34(15-19)20-8-10-32(3)11-9-20/h5-7,13-15,20,26H,8-12,16-17H2,1-4H3,(H,27,30,31)/t25-/m1/s1. The maximum Gasteiger partial charge on any atom is 0.229 e. The first kappa shape index (κ1) is 23.7. The SMILES string of the molecule is CNCc1cccc(N2C[C@](C)(COC)c3cnc(Nc4cnn(C5CCN(C)CC5)c4)nc32)n1. The minimum absolute atomic E-state index is 0.234. The third kappa shape index (κ3) is 4.86. The van der Waals surface area contributed by atoms with Gasteiger partial charge in [-0.05, 0) is 52.2 Å². The second-order valence-corrected chi connectivity index (χ2v) is 9.90. The van der Waals surface area contributed by atoms with Crippen molar-refractivity contribution in [3.63, 3.8) is 0 Å². The number of nitrogens with zero attached hydrogens (tertiary/aromatic N) is 7. The van der Waals surface area contributed by atoms with Crippen molar-refractivity contribution in [3.05, 3.63) is 48.0 Å². The quantitative estimate of drug-likeness (QED) is 0.508. The zero-order valence-corrected chi connectivity index (χ0v) is 21.0. The van der Waals surface area contributed by atoms with Crippen LogP contribution in [0.1, 0.15) is 37.1 Å². The van der Waals surface area contributed by atoms with Gasteiger partial charge in [-0.1, -0.05) is 13.0 Å². The second kappa shape index (κ2) is 9.88. The molecule has 0 saturated carbocycles. The summed E-state index contributed by atoms with van der Waals surface area (Å²) < 4.78 is 7.65. The molecule has 10 nitrogen and oxygen atoms in total. The second-order valence-electron chi connectivity index (χ2n) is 9.90. The van der Waals surface area contributed by atoms with Gasteiger partial charge in [0.15, 0.2) is 0 Å². The monoisotopic (exact) mass is 477 g/mol. The van der Waals surface area contributed by atoms with Crippen LogP contribution >= 0.6 is 0 Å². The molecular weight excluding hydrogens is 442 g/mol. The van der Waals surface area contributed by atoms with Gasteiger partial charge in [0, 0.05) is 43.6 Å². The van der Waals surface area contributed by atoms with Gasteiger partial charge in [0.25, 0.3) is 0 Å². The minimum Gasteiger partial charge on any atom is -0.384 e. The van der Waals surface area contributed by atoms with Crippen LogP contribution in [0.2, 0.25) is 0 Å². The van der Waals surface area contributed by atoms with E-state index in [1.807, 2.05) is 37.6 Å². The van der Waals surface area contributed by atoms with Crippen molar-refractivity contribution in [2.75, 3.05) is 57.7 Å². The van der Waals surface area contributed by atoms with Crippen LogP contribution in [-0.4, -0.2) is 77.1 Å². The van der Waals surface area contributed by atoms with Crippen LogP contribution in [0, 0.1) is 0 Å². The van der Waals surface area contributed by atoms with E-state index in [1.54, 1.807) is 7.11 Å². The topological polar surface area (TPSA) is 96.3 Å². The highest BCUT2D eigenvalue weighted by Crippen LogP contribution is 2.43. The van der Waals surface area contributed by atoms with Gasteiger partial charge in [0.1, 0.15) is 11.6 Å². The van der Waals surface area contributed by atoms with E-state index < -0.39 is 0 Å². The number of hydrogen-bond acceptors (Lipinski definition) is 9. The number of likely N-dealkylation sites (tertiary alicyclic amines) is 1. The van der Waals surface area contributed by atoms with Gasteiger partial charge in [-0.25, -0.2) is 9.97 Å². The first-order valence-electron chi connectivity index (χ1n) is 12.2. The Hall–Kier alpha value is -3.08. The van der Waals surface area contributed by atoms with E-state index in [0.717, 1.165) is 61.1 Å². The number of rotatable bonds is 8. The fourth-order valence-corrected chi connectivity index (χ4v) is 5.09. The Bertz CT molecular complexity index is 1160. The molecule has 10 heteroatoms. The summed E-state index contributed by atoms with van der Waals surface area (Å²) in [5.74, 6) is 2.28. The lowest BCUT2D eigenvalue weighted by Gasteiger charge is -2.28. The first-order valence-corrected chi connectivity index (χ1v) is 12.2. The number of piperidine rings is 1. The molecule has 3 aromatic heterocycles. The normalized spacial score (nSPS) is 20.9. The van der Waals surface area contributed by atoms with E-state index in [2.05, 4.69) is 55.4 Å². The van der Waals surface area contributed by atoms with Gasteiger partial charge in [-0.2, -0.15) is 10.1 Å². The summed E-state index contributed by atoms with van der Waals surface area (Å²) >= 11 is 0. The van der Waals surface area contributed by atoms with Gasteiger partial charge < -0.3 is 25.2 Å². The van der Waals surface area contributed by atoms with E-state index in [1.165, 1.54) is 0 Å². The summed E-state index contributed by atoms with van der Waals surface area (Å²) in [6.45, 7) is 6.39. The molecule has 0 bridgehead atoms. The van der Waals surface area contributed by atoms with E-state index in [0.29, 0.717) is 25.1 Å². The highest BCUT2D eigenvalue weighted by molar-refractivity contribution is 5.68. The Morgan fingerprint density at radius 3 is 2.77 bits per heavy atom. The van der Waals surface area contributed by atoms with Gasteiger partial charge in [-0.15, -0.1) is 0 Å². The van der Waals surface area contributed by atoms with Crippen LogP contribution in [0.25, 0.3) is 0 Å². The fourth-order valence-electron chi connectivity index (χ4n) is 5.09. The average molecular weight is 478 g/mol. The summed E-state index contributed by atoms with van der Waals surface area (Å²) in [4.78, 5) is 19.0. The molecule has 0 spiro atoms. The average Bonchev–Trinajstić information content (AvgIpc) is 3.43. The largest absolute Gasteiger partial charge is 0.384 e. The molecule has 0 unspecified atom stereocenters. The Labute approximate surface area is 206 Å². The van der Waals surface area contributed by atoms with E-state index >= 15 is 0 Å². The van der Waals surface area contributed by atoms with Crippen LogP contribution in [0.4, 0.5) is 23.3 Å². The molecule has 3 aromatic rings. The molecule has 2 aliphatic rings. The van der Waals surface area contributed by atoms with Gasteiger partial charge in [0.05, 0.1) is 30.2 Å². The molecule has 0 radical (unpaired) electrons. The van der Waals surface area contributed by atoms with Crippen molar-refractivity contribution >= 4 is 23.3 Å².